The summed E-state index contributed by atoms with van der Waals surface area (Å²) in [6.07, 6.45) is 6.65. The monoisotopic (exact) mass is 167 g/mol. The minimum Gasteiger partial charge on any atom is -0.465 e. The Labute approximate surface area is 71.8 Å². The maximum absolute atomic E-state index is 10.4. The van der Waals surface area contributed by atoms with E-state index in [1.807, 2.05) is 38.2 Å². The van der Waals surface area contributed by atoms with Crippen molar-refractivity contribution in [3.63, 3.8) is 0 Å². The van der Waals surface area contributed by atoms with Gasteiger partial charge in [0.05, 0.1) is 5.54 Å². The zero-order chi connectivity index (χ0) is 9.19. The highest BCUT2D eigenvalue weighted by atomic mass is 16.4. The Hall–Kier alpha value is -1.25. The van der Waals surface area contributed by atoms with E-state index >= 15 is 0 Å². The van der Waals surface area contributed by atoms with Crippen LogP contribution in [0.3, 0.4) is 0 Å². The average Bonchev–Trinajstić information content (AvgIpc) is 1.94. The van der Waals surface area contributed by atoms with E-state index in [2.05, 4.69) is 5.32 Å². The van der Waals surface area contributed by atoms with Crippen molar-refractivity contribution in [1.82, 2.24) is 5.32 Å². The van der Waals surface area contributed by atoms with E-state index in [0.29, 0.717) is 0 Å². The average molecular weight is 167 g/mol. The van der Waals surface area contributed by atoms with Crippen LogP contribution in [0.25, 0.3) is 0 Å². The minimum atomic E-state index is -0.982. The summed E-state index contributed by atoms with van der Waals surface area (Å²) < 4.78 is 0. The number of carbonyl (C=O) groups is 1. The number of allylic oxidation sites excluding steroid dienone is 2. The molecule has 0 aliphatic heterocycles. The molecule has 66 valence electrons. The summed E-state index contributed by atoms with van der Waals surface area (Å²) in [7, 11) is 0. The largest absolute Gasteiger partial charge is 0.465 e. The van der Waals surface area contributed by atoms with E-state index in [9.17, 15) is 4.79 Å². The van der Waals surface area contributed by atoms with Gasteiger partial charge in [-0.2, -0.15) is 0 Å². The van der Waals surface area contributed by atoms with Gasteiger partial charge in [-0.05, 0) is 6.92 Å². The van der Waals surface area contributed by atoms with E-state index in [0.717, 1.165) is 0 Å². The van der Waals surface area contributed by atoms with Crippen molar-refractivity contribution in [2.24, 2.45) is 5.92 Å². The van der Waals surface area contributed by atoms with Gasteiger partial charge in [-0.15, -0.1) is 0 Å². The molecule has 0 heterocycles. The Bertz CT molecular complexity index is 245. The Kier molecular flexibility index (Phi) is 2.22. The zero-order valence-corrected chi connectivity index (χ0v) is 7.24. The molecule has 1 amide bonds. The summed E-state index contributed by atoms with van der Waals surface area (Å²) in [4.78, 5) is 10.4. The molecule has 2 unspecified atom stereocenters. The molecule has 0 saturated carbocycles. The lowest BCUT2D eigenvalue weighted by molar-refractivity contribution is 0.180. The Morgan fingerprint density at radius 2 is 2.25 bits per heavy atom. The van der Waals surface area contributed by atoms with Gasteiger partial charge in [0.2, 0.25) is 0 Å². The van der Waals surface area contributed by atoms with E-state index in [-0.39, 0.29) is 5.92 Å². The third-order valence-corrected chi connectivity index (χ3v) is 2.28. The molecule has 0 radical (unpaired) electrons. The summed E-state index contributed by atoms with van der Waals surface area (Å²) in [5.74, 6) is 0.193. The van der Waals surface area contributed by atoms with Crippen LogP contribution in [0.2, 0.25) is 0 Å². The van der Waals surface area contributed by atoms with Crippen LogP contribution in [0.5, 0.6) is 0 Å². The standard InChI is InChI=1S/C9H13NO2/c1-7-5-3-4-6-9(7,2)10-8(11)12/h3-7,10H,1-2H3,(H,11,12). The molecule has 12 heavy (non-hydrogen) atoms. The molecule has 1 rings (SSSR count). The van der Waals surface area contributed by atoms with Crippen molar-refractivity contribution in [3.05, 3.63) is 24.3 Å². The van der Waals surface area contributed by atoms with Crippen molar-refractivity contribution in [3.8, 4) is 0 Å². The summed E-state index contributed by atoms with van der Waals surface area (Å²) in [6.45, 7) is 3.85. The normalized spacial score (nSPS) is 33.3. The summed E-state index contributed by atoms with van der Waals surface area (Å²) in [5, 5.41) is 11.1. The van der Waals surface area contributed by atoms with Gasteiger partial charge in [0.1, 0.15) is 0 Å². The van der Waals surface area contributed by atoms with Crippen LogP contribution in [0.15, 0.2) is 24.3 Å². The van der Waals surface area contributed by atoms with Crippen molar-refractivity contribution < 1.29 is 9.90 Å². The van der Waals surface area contributed by atoms with E-state index in [4.69, 9.17) is 5.11 Å². The van der Waals surface area contributed by atoms with Gasteiger partial charge in [-0.3, -0.25) is 0 Å². The molecule has 1 aliphatic carbocycles. The molecule has 0 aromatic rings. The molecule has 0 spiro atoms. The summed E-state index contributed by atoms with van der Waals surface area (Å²) in [5.41, 5.74) is -0.458. The molecule has 0 aromatic heterocycles. The molecule has 0 bridgehead atoms. The first-order chi connectivity index (χ1) is 5.54. The van der Waals surface area contributed by atoms with Crippen LogP contribution in [0.1, 0.15) is 13.8 Å². The molecule has 2 atom stereocenters. The number of rotatable bonds is 1. The van der Waals surface area contributed by atoms with Gasteiger partial charge in [-0.1, -0.05) is 31.2 Å². The second kappa shape index (κ2) is 3.01. The number of hydrogen-bond acceptors (Lipinski definition) is 1. The van der Waals surface area contributed by atoms with E-state index in [1.54, 1.807) is 0 Å². The number of nitrogens with one attached hydrogen (secondary N) is 1. The van der Waals surface area contributed by atoms with E-state index < -0.39 is 11.6 Å². The van der Waals surface area contributed by atoms with Gasteiger partial charge in [0.15, 0.2) is 0 Å². The van der Waals surface area contributed by atoms with Crippen LogP contribution in [-0.4, -0.2) is 16.7 Å². The van der Waals surface area contributed by atoms with Crippen LogP contribution in [-0.2, 0) is 0 Å². The molecule has 0 aromatic carbocycles. The van der Waals surface area contributed by atoms with Gasteiger partial charge < -0.3 is 10.4 Å². The Morgan fingerprint density at radius 3 is 2.75 bits per heavy atom. The second-order valence-electron chi connectivity index (χ2n) is 3.25. The first-order valence-electron chi connectivity index (χ1n) is 3.92. The predicted octanol–water partition coefficient (Wildman–Crippen LogP) is 1.77. The zero-order valence-electron chi connectivity index (χ0n) is 7.24. The molecule has 3 nitrogen and oxygen atoms in total. The number of amides is 1. The molecule has 0 fully saturated rings. The van der Waals surface area contributed by atoms with Crippen LogP contribution in [0, 0.1) is 5.92 Å². The van der Waals surface area contributed by atoms with E-state index in [1.165, 1.54) is 0 Å². The highest BCUT2D eigenvalue weighted by Gasteiger charge is 2.29. The first-order valence-corrected chi connectivity index (χ1v) is 3.92. The second-order valence-corrected chi connectivity index (χ2v) is 3.25. The van der Waals surface area contributed by atoms with Gasteiger partial charge in [-0.25, -0.2) is 4.79 Å². The van der Waals surface area contributed by atoms with Gasteiger partial charge in [0.25, 0.3) is 0 Å². The quantitative estimate of drug-likeness (QED) is 0.625. The molecular formula is C9H13NO2. The van der Waals surface area contributed by atoms with Crippen LogP contribution >= 0.6 is 0 Å². The summed E-state index contributed by atoms with van der Waals surface area (Å²) in [6, 6.07) is 0. The minimum absolute atomic E-state index is 0.193. The molecule has 1 aliphatic rings. The highest BCUT2D eigenvalue weighted by molar-refractivity contribution is 5.66. The SMILES string of the molecule is CC1C=CC=CC1(C)NC(=O)O. The predicted molar refractivity (Wildman–Crippen MR) is 47.0 cm³/mol. The fourth-order valence-corrected chi connectivity index (χ4v) is 1.22. The third-order valence-electron chi connectivity index (χ3n) is 2.28. The molecule has 3 heteroatoms. The molecule has 0 saturated heterocycles. The smallest absolute Gasteiger partial charge is 0.405 e. The topological polar surface area (TPSA) is 49.3 Å². The fraction of sp³-hybridized carbons (Fsp3) is 0.444. The third kappa shape index (κ3) is 1.67. The first kappa shape index (κ1) is 8.84. The van der Waals surface area contributed by atoms with Crippen molar-refractivity contribution in [1.29, 1.82) is 0 Å². The maximum atomic E-state index is 10.4. The highest BCUT2D eigenvalue weighted by Crippen LogP contribution is 2.23. The Morgan fingerprint density at radius 1 is 1.58 bits per heavy atom. The van der Waals surface area contributed by atoms with Gasteiger partial charge in [0, 0.05) is 5.92 Å². The lowest BCUT2D eigenvalue weighted by Gasteiger charge is -2.32. The fourth-order valence-electron chi connectivity index (χ4n) is 1.22. The van der Waals surface area contributed by atoms with Crippen molar-refractivity contribution >= 4 is 6.09 Å². The van der Waals surface area contributed by atoms with Crippen LogP contribution < -0.4 is 5.32 Å². The maximum Gasteiger partial charge on any atom is 0.405 e. The molecule has 2 N–H and O–H groups in total. The molecular weight excluding hydrogens is 154 g/mol. The lowest BCUT2D eigenvalue weighted by Crippen LogP contribution is -2.48. The summed E-state index contributed by atoms with van der Waals surface area (Å²) >= 11 is 0. The lowest BCUT2D eigenvalue weighted by atomic mass is 9.84. The van der Waals surface area contributed by atoms with Gasteiger partial charge >= 0.3 is 6.09 Å². The van der Waals surface area contributed by atoms with Crippen molar-refractivity contribution in [2.75, 3.05) is 0 Å². The van der Waals surface area contributed by atoms with Crippen molar-refractivity contribution in [2.45, 2.75) is 19.4 Å². The number of hydrogen-bond donors (Lipinski definition) is 2. The number of carboxylic acid groups (broad SMARTS) is 1. The van der Waals surface area contributed by atoms with Crippen LogP contribution in [0.4, 0.5) is 4.79 Å². The Balaban J connectivity index is 2.76.